The molecule has 0 saturated carbocycles. The van der Waals surface area contributed by atoms with E-state index in [1.54, 1.807) is 7.11 Å². The summed E-state index contributed by atoms with van der Waals surface area (Å²) < 4.78 is 14.6. The summed E-state index contributed by atoms with van der Waals surface area (Å²) >= 11 is 0. The third-order valence-corrected chi connectivity index (χ3v) is 0.931. The Morgan fingerprint density at radius 1 is 1.18 bits per heavy atom. The molecule has 4 heteroatoms. The lowest BCUT2D eigenvalue weighted by atomic mass is 10.5. The maximum atomic E-state index is 8.13. The fourth-order valence-electron chi connectivity index (χ4n) is 0.480. The molecule has 0 heterocycles. The number of ether oxygens (including phenoxy) is 3. The van der Waals surface area contributed by atoms with E-state index >= 15 is 0 Å². The summed E-state index contributed by atoms with van der Waals surface area (Å²) in [5.74, 6) is 0. The number of rotatable bonds is 7. The smallest absolute Gasteiger partial charge is 0.146 e. The molecule has 0 amide bonds. The first kappa shape index (κ1) is 10.4. The highest BCUT2D eigenvalue weighted by Crippen LogP contribution is 1.81. The summed E-state index contributed by atoms with van der Waals surface area (Å²) in [7, 11) is 1.57. The minimum atomic E-state index is 0.293. The number of hydrogen-bond donors (Lipinski definition) is 0. The van der Waals surface area contributed by atoms with E-state index in [1.165, 1.54) is 0 Å². The van der Waals surface area contributed by atoms with Gasteiger partial charge in [0.2, 0.25) is 0 Å². The van der Waals surface area contributed by atoms with Crippen LogP contribution in [0.4, 0.5) is 0 Å². The van der Waals surface area contributed by atoms with Gasteiger partial charge in [0.15, 0.2) is 0 Å². The van der Waals surface area contributed by atoms with Gasteiger partial charge in [-0.15, -0.1) is 0 Å². The van der Waals surface area contributed by atoms with Crippen LogP contribution in [0.1, 0.15) is 6.42 Å². The lowest BCUT2D eigenvalue weighted by molar-refractivity contribution is -0.0502. The van der Waals surface area contributed by atoms with Crippen LogP contribution in [0.5, 0.6) is 0 Å². The zero-order valence-corrected chi connectivity index (χ0v) is 6.71. The quantitative estimate of drug-likeness (QED) is 0.402. The van der Waals surface area contributed by atoms with Crippen molar-refractivity contribution < 1.29 is 14.2 Å². The zero-order valence-electron chi connectivity index (χ0n) is 6.71. The molecule has 0 aromatic carbocycles. The number of nitrogens with zero attached hydrogens (tertiary/aromatic N) is 1. The van der Waals surface area contributed by atoms with Gasteiger partial charge in [-0.25, -0.2) is 0 Å². The molecule has 0 fully saturated rings. The van der Waals surface area contributed by atoms with Crippen LogP contribution < -0.4 is 0 Å². The van der Waals surface area contributed by atoms with Crippen molar-refractivity contribution in [2.45, 2.75) is 6.42 Å². The van der Waals surface area contributed by atoms with Crippen LogP contribution >= 0.6 is 0 Å². The van der Waals surface area contributed by atoms with Gasteiger partial charge in [-0.1, -0.05) is 0 Å². The maximum Gasteiger partial charge on any atom is 0.146 e. The molecule has 0 bridgehead atoms. The first-order valence-electron chi connectivity index (χ1n) is 3.43. The Hall–Kier alpha value is -0.630. The normalized spacial score (nSPS) is 9.45. The van der Waals surface area contributed by atoms with E-state index in [4.69, 9.17) is 14.7 Å². The van der Waals surface area contributed by atoms with E-state index in [9.17, 15) is 0 Å². The lowest BCUT2D eigenvalue weighted by Crippen LogP contribution is -2.06. The van der Waals surface area contributed by atoms with Gasteiger partial charge >= 0.3 is 0 Å². The van der Waals surface area contributed by atoms with Gasteiger partial charge in [0, 0.05) is 7.11 Å². The Morgan fingerprint density at radius 2 is 1.91 bits per heavy atom. The van der Waals surface area contributed by atoms with Gasteiger partial charge in [0.1, 0.15) is 6.79 Å². The summed E-state index contributed by atoms with van der Waals surface area (Å²) in [5, 5.41) is 8.13. The second-order valence-electron chi connectivity index (χ2n) is 1.84. The predicted octanol–water partition coefficient (Wildman–Crippen LogP) is 0.537. The molecular formula is C7H13NO3. The lowest BCUT2D eigenvalue weighted by Gasteiger charge is -2.02. The first-order chi connectivity index (χ1) is 5.41. The van der Waals surface area contributed by atoms with Crippen LogP contribution in [0.2, 0.25) is 0 Å². The summed E-state index contributed by atoms with van der Waals surface area (Å²) in [6, 6.07) is 1.98. The highest BCUT2D eigenvalue weighted by molar-refractivity contribution is 4.66. The largest absolute Gasteiger partial charge is 0.378 e. The molecule has 0 spiro atoms. The Labute approximate surface area is 66.7 Å². The van der Waals surface area contributed by atoms with Crippen molar-refractivity contribution in [1.29, 1.82) is 5.26 Å². The zero-order chi connectivity index (χ0) is 8.36. The fourth-order valence-corrected chi connectivity index (χ4v) is 0.480. The summed E-state index contributed by atoms with van der Waals surface area (Å²) in [6.45, 7) is 1.80. The molecule has 4 nitrogen and oxygen atoms in total. The molecule has 0 aliphatic heterocycles. The molecule has 0 unspecified atom stereocenters. The van der Waals surface area contributed by atoms with Crippen LogP contribution in [-0.4, -0.2) is 33.7 Å². The number of hydrogen-bond acceptors (Lipinski definition) is 4. The number of nitriles is 1. The minimum Gasteiger partial charge on any atom is -0.378 e. The standard InChI is InChI=1S/C7H13NO3/c1-9-7-11-6-5-10-4-2-3-8/h2,4-7H2,1H3. The summed E-state index contributed by atoms with van der Waals surface area (Å²) in [5.41, 5.74) is 0. The SMILES string of the molecule is COCOCCOCCC#N. The molecule has 0 aromatic heterocycles. The van der Waals surface area contributed by atoms with Crippen LogP contribution in [-0.2, 0) is 14.2 Å². The van der Waals surface area contributed by atoms with Crippen LogP contribution in [0.3, 0.4) is 0 Å². The highest BCUT2D eigenvalue weighted by atomic mass is 16.7. The van der Waals surface area contributed by atoms with E-state index in [-0.39, 0.29) is 0 Å². The van der Waals surface area contributed by atoms with E-state index < -0.39 is 0 Å². The molecular weight excluding hydrogens is 146 g/mol. The predicted molar refractivity (Wildman–Crippen MR) is 38.9 cm³/mol. The average Bonchev–Trinajstić information content (AvgIpc) is 2.03. The van der Waals surface area contributed by atoms with Crippen molar-refractivity contribution in [2.75, 3.05) is 33.7 Å². The van der Waals surface area contributed by atoms with Gasteiger partial charge in [-0.3, -0.25) is 0 Å². The van der Waals surface area contributed by atoms with Crippen molar-refractivity contribution in [3.05, 3.63) is 0 Å². The second-order valence-corrected chi connectivity index (χ2v) is 1.84. The molecule has 0 aliphatic carbocycles. The summed E-state index contributed by atoms with van der Waals surface area (Å²) in [4.78, 5) is 0. The van der Waals surface area contributed by atoms with Crippen molar-refractivity contribution in [1.82, 2.24) is 0 Å². The van der Waals surface area contributed by atoms with Gasteiger partial charge in [0.25, 0.3) is 0 Å². The third-order valence-electron chi connectivity index (χ3n) is 0.931. The second kappa shape index (κ2) is 9.37. The molecule has 0 N–H and O–H groups in total. The van der Waals surface area contributed by atoms with Crippen LogP contribution in [0, 0.1) is 11.3 Å². The van der Waals surface area contributed by atoms with Crippen LogP contribution in [0.25, 0.3) is 0 Å². The van der Waals surface area contributed by atoms with E-state index in [0.29, 0.717) is 33.0 Å². The van der Waals surface area contributed by atoms with E-state index in [0.717, 1.165) is 0 Å². The molecule has 0 saturated heterocycles. The Morgan fingerprint density at radius 3 is 2.55 bits per heavy atom. The van der Waals surface area contributed by atoms with Crippen molar-refractivity contribution in [3.8, 4) is 6.07 Å². The van der Waals surface area contributed by atoms with Crippen molar-refractivity contribution in [2.24, 2.45) is 0 Å². The molecule has 0 radical (unpaired) electrons. The first-order valence-corrected chi connectivity index (χ1v) is 3.43. The van der Waals surface area contributed by atoms with Crippen molar-refractivity contribution in [3.63, 3.8) is 0 Å². The highest BCUT2D eigenvalue weighted by Gasteiger charge is 1.87. The topological polar surface area (TPSA) is 51.5 Å². The fraction of sp³-hybridized carbons (Fsp3) is 0.857. The van der Waals surface area contributed by atoms with E-state index in [1.807, 2.05) is 6.07 Å². The van der Waals surface area contributed by atoms with Crippen LogP contribution in [0.15, 0.2) is 0 Å². The molecule has 0 aliphatic rings. The molecule has 0 rings (SSSR count). The molecule has 64 valence electrons. The van der Waals surface area contributed by atoms with Crippen molar-refractivity contribution >= 4 is 0 Å². The Bertz CT molecular complexity index is 111. The average molecular weight is 159 g/mol. The van der Waals surface area contributed by atoms with Gasteiger partial charge < -0.3 is 14.2 Å². The molecule has 0 atom stereocenters. The Balaban J connectivity index is 2.75. The minimum absolute atomic E-state index is 0.293. The molecule has 11 heavy (non-hydrogen) atoms. The monoisotopic (exact) mass is 159 g/mol. The Kier molecular flexibility index (Phi) is 8.83. The van der Waals surface area contributed by atoms with E-state index in [2.05, 4.69) is 4.74 Å². The third kappa shape index (κ3) is 9.37. The maximum absolute atomic E-state index is 8.13. The van der Waals surface area contributed by atoms with Gasteiger partial charge in [0.05, 0.1) is 32.3 Å². The number of methoxy groups -OCH3 is 1. The summed E-state index contributed by atoms with van der Waals surface area (Å²) in [6.07, 6.45) is 0.435. The van der Waals surface area contributed by atoms with Gasteiger partial charge in [-0.05, 0) is 0 Å². The van der Waals surface area contributed by atoms with Gasteiger partial charge in [-0.2, -0.15) is 5.26 Å². The molecule has 0 aromatic rings.